The zero-order valence-electron chi connectivity index (χ0n) is 37.8. The van der Waals surface area contributed by atoms with Crippen LogP contribution < -0.4 is 0 Å². The normalized spacial score (nSPS) is 12.3. The van der Waals surface area contributed by atoms with E-state index in [2.05, 4.69) is 250 Å². The third kappa shape index (κ3) is 5.23. The van der Waals surface area contributed by atoms with E-state index in [1.54, 1.807) is 0 Å². The van der Waals surface area contributed by atoms with E-state index in [0.717, 1.165) is 0 Å². The molecule has 0 bridgehead atoms. The Hall–Kier alpha value is -8.96. The number of para-hydroxylation sites is 4. The van der Waals surface area contributed by atoms with Crippen LogP contribution in [0.25, 0.3) is 146 Å². The summed E-state index contributed by atoms with van der Waals surface area (Å²) in [5, 5.41) is 17.9. The second kappa shape index (κ2) is 14.3. The quantitative estimate of drug-likeness (QED) is 0.156. The van der Waals surface area contributed by atoms with E-state index in [1.807, 2.05) is 11.3 Å². The second-order valence-corrected chi connectivity index (χ2v) is 19.8. The Kier molecular flexibility index (Phi) is 7.77. The molecular weight excluding hydrogens is 867 g/mol. The van der Waals surface area contributed by atoms with Crippen LogP contribution in [0.1, 0.15) is 0 Å². The zero-order valence-corrected chi connectivity index (χ0v) is 38.6. The van der Waals surface area contributed by atoms with Crippen molar-refractivity contribution in [3.05, 3.63) is 237 Å². The Balaban J connectivity index is 0.853. The summed E-state index contributed by atoms with van der Waals surface area (Å²) in [4.78, 5) is 0. The summed E-state index contributed by atoms with van der Waals surface area (Å²) in [5.74, 6) is 0. The molecule has 3 nitrogen and oxygen atoms in total. The predicted molar refractivity (Wildman–Crippen MR) is 300 cm³/mol. The maximum absolute atomic E-state index is 2.48. The van der Waals surface area contributed by atoms with E-state index in [9.17, 15) is 0 Å². The number of hydrogen-bond donors (Lipinski definition) is 0. The fraction of sp³-hybridized carbons (Fsp3) is 0. The Morgan fingerprint density at radius 2 is 0.643 bits per heavy atom. The van der Waals surface area contributed by atoms with Gasteiger partial charge in [0.15, 0.2) is 0 Å². The van der Waals surface area contributed by atoms with Gasteiger partial charge in [-0.05, 0) is 134 Å². The van der Waals surface area contributed by atoms with E-state index >= 15 is 0 Å². The standard InChI is InChI=1S/C66H39N3S/c1-2-14-42(15-3-1)67-58-23-11-8-20-50(58)55-36-40(26-32-61(55)67)41-27-33-62-56(37-41)51-21-9-12-24-59(51)68(62)44-29-35-64-57(39-44)52-31-34-63-65(66(52)70-64)53-22-10-13-25-60(53)69(63)43-28-30-49-47-18-5-4-16-45(47)46-17-6-7-19-48(46)54(49)38-43/h1-39H. The van der Waals surface area contributed by atoms with Crippen molar-refractivity contribution >= 4 is 129 Å². The van der Waals surface area contributed by atoms with Gasteiger partial charge in [0.25, 0.3) is 0 Å². The summed E-state index contributed by atoms with van der Waals surface area (Å²) < 4.78 is 9.95. The van der Waals surface area contributed by atoms with Crippen LogP contribution in [0, 0.1) is 0 Å². The van der Waals surface area contributed by atoms with Crippen LogP contribution in [0.2, 0.25) is 0 Å². The van der Waals surface area contributed by atoms with Gasteiger partial charge < -0.3 is 13.7 Å². The molecule has 0 amide bonds. The van der Waals surface area contributed by atoms with Crippen molar-refractivity contribution in [1.29, 1.82) is 0 Å². The van der Waals surface area contributed by atoms with Crippen molar-refractivity contribution in [2.45, 2.75) is 0 Å². The van der Waals surface area contributed by atoms with Crippen molar-refractivity contribution in [2.75, 3.05) is 0 Å². The number of aromatic nitrogens is 3. The molecule has 70 heavy (non-hydrogen) atoms. The Morgan fingerprint density at radius 3 is 1.26 bits per heavy atom. The number of benzene rings is 12. The number of rotatable bonds is 4. The molecule has 0 unspecified atom stereocenters. The molecule has 0 spiro atoms. The monoisotopic (exact) mass is 905 g/mol. The van der Waals surface area contributed by atoms with E-state index < -0.39 is 0 Å². The summed E-state index contributed by atoms with van der Waals surface area (Å²) >= 11 is 1.91. The fourth-order valence-corrected chi connectivity index (χ4v) is 13.4. The van der Waals surface area contributed by atoms with Gasteiger partial charge in [-0.2, -0.15) is 0 Å². The average molecular weight is 906 g/mol. The van der Waals surface area contributed by atoms with E-state index in [1.165, 1.54) is 146 Å². The summed E-state index contributed by atoms with van der Waals surface area (Å²) in [6, 6.07) is 87.9. The molecule has 12 aromatic carbocycles. The molecule has 0 saturated carbocycles. The number of fused-ring (bicyclic) bond motifs is 19. The molecule has 16 aromatic rings. The molecule has 16 rings (SSSR count). The topological polar surface area (TPSA) is 14.8 Å². The lowest BCUT2D eigenvalue weighted by atomic mass is 9.94. The van der Waals surface area contributed by atoms with Gasteiger partial charge in [-0.3, -0.25) is 0 Å². The van der Waals surface area contributed by atoms with Crippen LogP contribution in [0.3, 0.4) is 0 Å². The molecule has 4 aromatic heterocycles. The lowest BCUT2D eigenvalue weighted by Gasteiger charge is -2.13. The maximum Gasteiger partial charge on any atom is 0.0555 e. The van der Waals surface area contributed by atoms with Crippen LogP contribution in [-0.4, -0.2) is 13.7 Å². The van der Waals surface area contributed by atoms with Crippen molar-refractivity contribution in [1.82, 2.24) is 13.7 Å². The van der Waals surface area contributed by atoms with Gasteiger partial charge in [0, 0.05) is 69.6 Å². The highest BCUT2D eigenvalue weighted by Gasteiger charge is 2.21. The lowest BCUT2D eigenvalue weighted by Crippen LogP contribution is -1.94. The van der Waals surface area contributed by atoms with Crippen molar-refractivity contribution in [2.24, 2.45) is 0 Å². The molecule has 0 N–H and O–H groups in total. The van der Waals surface area contributed by atoms with Gasteiger partial charge in [0.1, 0.15) is 0 Å². The van der Waals surface area contributed by atoms with Crippen LogP contribution >= 0.6 is 11.3 Å². The summed E-state index contributed by atoms with van der Waals surface area (Å²) in [7, 11) is 0. The molecular formula is C66H39N3S. The minimum Gasteiger partial charge on any atom is -0.309 e. The molecule has 0 aliphatic carbocycles. The molecule has 0 radical (unpaired) electrons. The zero-order chi connectivity index (χ0) is 45.6. The Labute approximate surface area is 405 Å². The summed E-state index contributed by atoms with van der Waals surface area (Å²) in [5.41, 5.74) is 13.2. The first-order valence-corrected chi connectivity index (χ1v) is 24.9. The molecule has 324 valence electrons. The van der Waals surface area contributed by atoms with Crippen LogP contribution in [-0.2, 0) is 0 Å². The first-order valence-electron chi connectivity index (χ1n) is 24.1. The highest BCUT2D eigenvalue weighted by Crippen LogP contribution is 2.46. The second-order valence-electron chi connectivity index (χ2n) is 18.8. The SMILES string of the molecule is c1ccc(-n2c3ccccc3c3cc(-c4ccc5c(c4)c4ccccc4n5-c4ccc5sc6c(ccc7c6c6ccccc6n7-c6ccc7c8ccccc8c8ccccc8c7c6)c5c4)ccc32)cc1. The molecule has 0 saturated heterocycles. The fourth-order valence-electron chi connectivity index (χ4n) is 12.2. The van der Waals surface area contributed by atoms with Crippen molar-refractivity contribution < 1.29 is 0 Å². The number of nitrogens with zero attached hydrogens (tertiary/aromatic N) is 3. The minimum absolute atomic E-state index is 1.17. The van der Waals surface area contributed by atoms with Gasteiger partial charge in [-0.25, -0.2) is 0 Å². The van der Waals surface area contributed by atoms with Gasteiger partial charge in [0.2, 0.25) is 0 Å². The van der Waals surface area contributed by atoms with Gasteiger partial charge in [-0.1, -0.05) is 146 Å². The van der Waals surface area contributed by atoms with E-state index in [-0.39, 0.29) is 0 Å². The first-order chi connectivity index (χ1) is 34.7. The summed E-state index contributed by atoms with van der Waals surface area (Å²) in [6.07, 6.45) is 0. The Bertz CT molecular complexity index is 4850. The van der Waals surface area contributed by atoms with Crippen molar-refractivity contribution in [3.63, 3.8) is 0 Å². The van der Waals surface area contributed by atoms with Gasteiger partial charge in [-0.15, -0.1) is 11.3 Å². The number of thiophene rings is 1. The minimum atomic E-state index is 1.17. The Morgan fingerprint density at radius 1 is 0.229 bits per heavy atom. The highest BCUT2D eigenvalue weighted by atomic mass is 32.1. The van der Waals surface area contributed by atoms with Crippen molar-refractivity contribution in [3.8, 4) is 28.2 Å². The van der Waals surface area contributed by atoms with Crippen LogP contribution in [0.4, 0.5) is 0 Å². The lowest BCUT2D eigenvalue weighted by molar-refractivity contribution is 1.18. The predicted octanol–water partition coefficient (Wildman–Crippen LogP) is 18.5. The maximum atomic E-state index is 2.48. The largest absolute Gasteiger partial charge is 0.309 e. The molecule has 0 aliphatic rings. The van der Waals surface area contributed by atoms with E-state index in [0.29, 0.717) is 0 Å². The first kappa shape index (κ1) is 38.1. The third-order valence-electron chi connectivity index (χ3n) is 15.2. The smallest absolute Gasteiger partial charge is 0.0555 e. The summed E-state index contributed by atoms with van der Waals surface area (Å²) in [6.45, 7) is 0. The molecule has 0 atom stereocenters. The van der Waals surface area contributed by atoms with Gasteiger partial charge in [0.05, 0.1) is 33.1 Å². The average Bonchev–Trinajstić information content (AvgIpc) is 4.17. The van der Waals surface area contributed by atoms with Crippen LogP contribution in [0.5, 0.6) is 0 Å². The third-order valence-corrected chi connectivity index (χ3v) is 16.4. The highest BCUT2D eigenvalue weighted by molar-refractivity contribution is 7.26. The molecule has 4 heteroatoms. The number of hydrogen-bond acceptors (Lipinski definition) is 1. The molecule has 0 fully saturated rings. The molecule has 4 heterocycles. The van der Waals surface area contributed by atoms with Gasteiger partial charge >= 0.3 is 0 Å². The molecule has 0 aliphatic heterocycles. The van der Waals surface area contributed by atoms with Crippen LogP contribution in [0.15, 0.2) is 237 Å². The van der Waals surface area contributed by atoms with E-state index in [4.69, 9.17) is 0 Å².